The third-order valence-corrected chi connectivity index (χ3v) is 4.19. The van der Waals surface area contributed by atoms with E-state index in [4.69, 9.17) is 4.42 Å². The van der Waals surface area contributed by atoms with Crippen LogP contribution in [0.15, 0.2) is 34.7 Å². The lowest BCUT2D eigenvalue weighted by molar-refractivity contribution is 0.625. The van der Waals surface area contributed by atoms with Crippen LogP contribution in [0.2, 0.25) is 0 Å². The minimum Gasteiger partial charge on any atom is -0.453 e. The Morgan fingerprint density at radius 2 is 2.00 bits per heavy atom. The van der Waals surface area contributed by atoms with Crippen molar-refractivity contribution in [2.24, 2.45) is 0 Å². The average Bonchev–Trinajstić information content (AvgIpc) is 2.85. The first-order valence-electron chi connectivity index (χ1n) is 5.90. The molecule has 0 unspecified atom stereocenters. The minimum absolute atomic E-state index is 0.610. The molecule has 3 rings (SSSR count). The van der Waals surface area contributed by atoms with Gasteiger partial charge in [-0.05, 0) is 41.6 Å². The van der Waals surface area contributed by atoms with Crippen LogP contribution in [0, 0.1) is 10.5 Å². The summed E-state index contributed by atoms with van der Waals surface area (Å²) in [6, 6.07) is 9.87. The lowest BCUT2D eigenvalue weighted by atomic mass is 10.2. The van der Waals surface area contributed by atoms with Crippen molar-refractivity contribution < 1.29 is 4.42 Å². The SMILES string of the molecule is CNc1nc(-c2cc3ccccc3o2)nc(C)c1I. The van der Waals surface area contributed by atoms with E-state index in [2.05, 4.69) is 37.9 Å². The largest absolute Gasteiger partial charge is 0.453 e. The molecule has 0 bridgehead atoms. The number of aryl methyl sites for hydroxylation is 1. The lowest BCUT2D eigenvalue weighted by Crippen LogP contribution is -2.02. The number of nitrogens with zero attached hydrogens (tertiary/aromatic N) is 2. The molecular formula is C14H12IN3O. The van der Waals surface area contributed by atoms with Crippen LogP contribution >= 0.6 is 22.6 Å². The van der Waals surface area contributed by atoms with E-state index in [1.54, 1.807) is 0 Å². The quantitative estimate of drug-likeness (QED) is 0.701. The lowest BCUT2D eigenvalue weighted by Gasteiger charge is -2.06. The zero-order chi connectivity index (χ0) is 13.4. The molecule has 0 saturated heterocycles. The fourth-order valence-electron chi connectivity index (χ4n) is 1.93. The van der Waals surface area contributed by atoms with Crippen LogP contribution in [0.3, 0.4) is 0 Å². The number of fused-ring (bicyclic) bond motifs is 1. The molecule has 19 heavy (non-hydrogen) atoms. The van der Waals surface area contributed by atoms with Gasteiger partial charge < -0.3 is 9.73 Å². The monoisotopic (exact) mass is 365 g/mol. The molecule has 2 aromatic heterocycles. The van der Waals surface area contributed by atoms with Crippen molar-refractivity contribution in [1.29, 1.82) is 0 Å². The molecule has 0 radical (unpaired) electrons. The first-order chi connectivity index (χ1) is 9.19. The molecule has 0 saturated carbocycles. The molecule has 3 aromatic rings. The standard InChI is InChI=1S/C14H12IN3O/c1-8-12(15)14(16-2)18-13(17-8)11-7-9-5-3-4-6-10(9)19-11/h3-7H,1-2H3,(H,16,17,18). The molecule has 0 fully saturated rings. The first kappa shape index (κ1) is 12.4. The number of furan rings is 1. The van der Waals surface area contributed by atoms with E-state index in [1.165, 1.54) is 0 Å². The van der Waals surface area contributed by atoms with E-state index in [-0.39, 0.29) is 0 Å². The molecule has 0 aliphatic heterocycles. The molecule has 2 heterocycles. The maximum Gasteiger partial charge on any atom is 0.197 e. The van der Waals surface area contributed by atoms with Gasteiger partial charge >= 0.3 is 0 Å². The predicted molar refractivity (Wildman–Crippen MR) is 84.2 cm³/mol. The van der Waals surface area contributed by atoms with Gasteiger partial charge in [-0.25, -0.2) is 9.97 Å². The van der Waals surface area contributed by atoms with Crippen LogP contribution in [0.4, 0.5) is 5.82 Å². The number of halogens is 1. The van der Waals surface area contributed by atoms with E-state index >= 15 is 0 Å². The third kappa shape index (κ3) is 2.18. The number of para-hydroxylation sites is 1. The maximum atomic E-state index is 5.79. The summed E-state index contributed by atoms with van der Waals surface area (Å²) in [6.07, 6.45) is 0. The van der Waals surface area contributed by atoms with Crippen LogP contribution in [0.25, 0.3) is 22.6 Å². The van der Waals surface area contributed by atoms with Crippen molar-refractivity contribution >= 4 is 39.4 Å². The van der Waals surface area contributed by atoms with Gasteiger partial charge in [0.05, 0.1) is 9.26 Å². The van der Waals surface area contributed by atoms with Crippen molar-refractivity contribution in [2.75, 3.05) is 12.4 Å². The summed E-state index contributed by atoms with van der Waals surface area (Å²) in [6.45, 7) is 1.97. The average molecular weight is 365 g/mol. The van der Waals surface area contributed by atoms with Crippen LogP contribution < -0.4 is 5.32 Å². The normalized spacial score (nSPS) is 10.9. The number of hydrogen-bond donors (Lipinski definition) is 1. The van der Waals surface area contributed by atoms with Gasteiger partial charge in [0.1, 0.15) is 11.4 Å². The Bertz CT molecular complexity index is 719. The fraction of sp³-hybridized carbons (Fsp3) is 0.143. The Hall–Kier alpha value is -1.63. The molecule has 1 aromatic carbocycles. The van der Waals surface area contributed by atoms with Gasteiger partial charge in [-0.1, -0.05) is 18.2 Å². The summed E-state index contributed by atoms with van der Waals surface area (Å²) in [5.41, 5.74) is 1.79. The van der Waals surface area contributed by atoms with E-state index in [0.29, 0.717) is 11.6 Å². The predicted octanol–water partition coefficient (Wildman–Crippen LogP) is 3.84. The van der Waals surface area contributed by atoms with Crippen molar-refractivity contribution in [3.8, 4) is 11.6 Å². The Morgan fingerprint density at radius 3 is 2.74 bits per heavy atom. The summed E-state index contributed by atoms with van der Waals surface area (Å²) in [5, 5.41) is 4.14. The van der Waals surface area contributed by atoms with Crippen molar-refractivity contribution in [3.63, 3.8) is 0 Å². The van der Waals surface area contributed by atoms with Crippen molar-refractivity contribution in [1.82, 2.24) is 9.97 Å². The molecule has 96 valence electrons. The molecular weight excluding hydrogens is 353 g/mol. The zero-order valence-electron chi connectivity index (χ0n) is 10.6. The number of benzene rings is 1. The summed E-state index contributed by atoms with van der Waals surface area (Å²) in [4.78, 5) is 8.99. The topological polar surface area (TPSA) is 51.0 Å². The van der Waals surface area contributed by atoms with E-state index in [9.17, 15) is 0 Å². The summed E-state index contributed by atoms with van der Waals surface area (Å²) in [7, 11) is 1.85. The molecule has 0 atom stereocenters. The Balaban J connectivity index is 2.18. The molecule has 1 N–H and O–H groups in total. The van der Waals surface area contributed by atoms with E-state index in [1.807, 2.05) is 44.3 Å². The third-order valence-electron chi connectivity index (χ3n) is 2.90. The van der Waals surface area contributed by atoms with Crippen molar-refractivity contribution in [2.45, 2.75) is 6.92 Å². The van der Waals surface area contributed by atoms with Crippen LogP contribution in [0.1, 0.15) is 5.69 Å². The second-order valence-corrected chi connectivity index (χ2v) is 5.27. The number of anilines is 1. The number of nitrogens with one attached hydrogen (secondary N) is 1. The molecule has 0 aliphatic carbocycles. The number of aromatic nitrogens is 2. The molecule has 4 nitrogen and oxygen atoms in total. The number of hydrogen-bond acceptors (Lipinski definition) is 4. The molecule has 0 aliphatic rings. The van der Waals surface area contributed by atoms with Gasteiger partial charge in [0, 0.05) is 12.4 Å². The summed E-state index contributed by atoms with van der Waals surface area (Å²) in [5.74, 6) is 2.12. The van der Waals surface area contributed by atoms with E-state index in [0.717, 1.165) is 26.1 Å². The smallest absolute Gasteiger partial charge is 0.197 e. The van der Waals surface area contributed by atoms with Crippen LogP contribution in [-0.2, 0) is 0 Å². The first-order valence-corrected chi connectivity index (χ1v) is 6.98. The highest BCUT2D eigenvalue weighted by atomic mass is 127. The van der Waals surface area contributed by atoms with Crippen LogP contribution in [-0.4, -0.2) is 17.0 Å². The Morgan fingerprint density at radius 1 is 1.21 bits per heavy atom. The molecule has 0 spiro atoms. The fourth-order valence-corrected chi connectivity index (χ4v) is 2.44. The highest BCUT2D eigenvalue weighted by Crippen LogP contribution is 2.28. The van der Waals surface area contributed by atoms with Gasteiger partial charge in [0.15, 0.2) is 11.6 Å². The second kappa shape index (κ2) is 4.80. The summed E-state index contributed by atoms with van der Waals surface area (Å²) >= 11 is 2.24. The second-order valence-electron chi connectivity index (χ2n) is 4.19. The van der Waals surface area contributed by atoms with Gasteiger partial charge in [-0.3, -0.25) is 0 Å². The van der Waals surface area contributed by atoms with Gasteiger partial charge in [0.25, 0.3) is 0 Å². The van der Waals surface area contributed by atoms with Gasteiger partial charge in [-0.15, -0.1) is 0 Å². The Kier molecular flexibility index (Phi) is 3.14. The minimum atomic E-state index is 0.610. The molecule has 5 heteroatoms. The van der Waals surface area contributed by atoms with Gasteiger partial charge in [0.2, 0.25) is 0 Å². The van der Waals surface area contributed by atoms with E-state index < -0.39 is 0 Å². The zero-order valence-corrected chi connectivity index (χ0v) is 12.7. The highest BCUT2D eigenvalue weighted by Gasteiger charge is 2.13. The number of rotatable bonds is 2. The van der Waals surface area contributed by atoms with Gasteiger partial charge in [-0.2, -0.15) is 0 Å². The summed E-state index contributed by atoms with van der Waals surface area (Å²) < 4.78 is 6.82. The Labute approximate surface area is 124 Å². The molecule has 0 amide bonds. The van der Waals surface area contributed by atoms with Crippen molar-refractivity contribution in [3.05, 3.63) is 39.6 Å². The highest BCUT2D eigenvalue weighted by molar-refractivity contribution is 14.1. The van der Waals surface area contributed by atoms with Crippen LogP contribution in [0.5, 0.6) is 0 Å². The maximum absolute atomic E-state index is 5.79.